The molecule has 0 saturated heterocycles. The van der Waals surface area contributed by atoms with E-state index in [1.165, 1.54) is 6.33 Å². The summed E-state index contributed by atoms with van der Waals surface area (Å²) in [5, 5.41) is 8.42. The van der Waals surface area contributed by atoms with Crippen LogP contribution in [0.15, 0.2) is 12.5 Å². The molecule has 5 nitrogen and oxygen atoms in total. The van der Waals surface area contributed by atoms with Gasteiger partial charge in [-0.2, -0.15) is 0 Å². The van der Waals surface area contributed by atoms with E-state index in [0.717, 1.165) is 5.69 Å². The van der Waals surface area contributed by atoms with Crippen molar-refractivity contribution in [3.8, 4) is 0 Å². The van der Waals surface area contributed by atoms with E-state index in [2.05, 4.69) is 9.97 Å². The van der Waals surface area contributed by atoms with Crippen molar-refractivity contribution in [3.63, 3.8) is 0 Å². The number of carbonyl (C=O) groups is 1. The Labute approximate surface area is 100 Å². The van der Waals surface area contributed by atoms with Crippen LogP contribution in [0.5, 0.6) is 0 Å². The number of imidazole rings is 1. The zero-order valence-electron chi connectivity index (χ0n) is 6.15. The van der Waals surface area contributed by atoms with Gasteiger partial charge in [0.1, 0.15) is 6.04 Å². The Hall–Kier alpha value is -0.0743. The molecule has 0 spiro atoms. The molecular formula is C6H9N3O2Tb. The summed E-state index contributed by atoms with van der Waals surface area (Å²) < 4.78 is 0. The topological polar surface area (TPSA) is 92.0 Å². The standard InChI is InChI=1S/C6H9N3O2.Tb/c7-5(6(10)11)1-4-2-8-3-9-4;/h2-3,5H,1,7H2,(H,8,9)(H,10,11);/t5-;/m0./s1. The van der Waals surface area contributed by atoms with Crippen LogP contribution in [-0.2, 0) is 11.2 Å². The monoisotopic (exact) mass is 314 g/mol. The molecule has 0 aliphatic carbocycles. The third-order valence-electron chi connectivity index (χ3n) is 1.31. The Balaban J connectivity index is 0.00000121. The maximum Gasteiger partial charge on any atom is 0.320 e. The fourth-order valence-electron chi connectivity index (χ4n) is 0.721. The van der Waals surface area contributed by atoms with Gasteiger partial charge in [0, 0.05) is 56.9 Å². The molecule has 1 aromatic rings. The van der Waals surface area contributed by atoms with Gasteiger partial charge in [-0.05, 0) is 0 Å². The number of carboxylic acid groups (broad SMARTS) is 1. The Morgan fingerprint density at radius 3 is 2.92 bits per heavy atom. The first kappa shape index (κ1) is 11.9. The van der Waals surface area contributed by atoms with Crippen molar-refractivity contribution in [2.75, 3.05) is 0 Å². The van der Waals surface area contributed by atoms with Crippen molar-refractivity contribution in [2.45, 2.75) is 12.5 Å². The average Bonchev–Trinajstić information content (AvgIpc) is 2.39. The molecule has 1 heterocycles. The molecule has 0 bridgehead atoms. The smallest absolute Gasteiger partial charge is 0.320 e. The maximum absolute atomic E-state index is 10.3. The Morgan fingerprint density at radius 1 is 1.83 bits per heavy atom. The van der Waals surface area contributed by atoms with Crippen LogP contribution in [-0.4, -0.2) is 27.1 Å². The third kappa shape index (κ3) is 3.55. The van der Waals surface area contributed by atoms with Crippen LogP contribution >= 0.6 is 0 Å². The van der Waals surface area contributed by atoms with Gasteiger partial charge in [-0.1, -0.05) is 0 Å². The van der Waals surface area contributed by atoms with Gasteiger partial charge in [0.15, 0.2) is 0 Å². The summed E-state index contributed by atoms with van der Waals surface area (Å²) >= 11 is 0. The summed E-state index contributed by atoms with van der Waals surface area (Å²) in [4.78, 5) is 16.8. The van der Waals surface area contributed by atoms with Gasteiger partial charge in [-0.3, -0.25) is 4.79 Å². The van der Waals surface area contributed by atoms with E-state index >= 15 is 0 Å². The summed E-state index contributed by atoms with van der Waals surface area (Å²) in [7, 11) is 0. The Morgan fingerprint density at radius 2 is 2.50 bits per heavy atom. The zero-order valence-corrected chi connectivity index (χ0v) is 8.29. The molecule has 0 aromatic carbocycles. The van der Waals surface area contributed by atoms with E-state index in [0.29, 0.717) is 0 Å². The van der Waals surface area contributed by atoms with Crippen molar-refractivity contribution < 1.29 is 48.5 Å². The largest absolute Gasteiger partial charge is 0.480 e. The van der Waals surface area contributed by atoms with Gasteiger partial charge >= 0.3 is 5.97 Å². The summed E-state index contributed by atoms with van der Waals surface area (Å²) in [6, 6.07) is -0.851. The maximum atomic E-state index is 10.3. The minimum Gasteiger partial charge on any atom is -0.480 e. The molecule has 6 heteroatoms. The van der Waals surface area contributed by atoms with Crippen molar-refractivity contribution in [1.82, 2.24) is 9.97 Å². The normalized spacial score (nSPS) is 11.8. The molecule has 1 atom stereocenters. The van der Waals surface area contributed by atoms with Crippen molar-refractivity contribution in [1.29, 1.82) is 0 Å². The van der Waals surface area contributed by atoms with Crippen LogP contribution in [0.2, 0.25) is 0 Å². The number of nitrogens with two attached hydrogens (primary N) is 1. The van der Waals surface area contributed by atoms with Crippen LogP contribution in [0.4, 0.5) is 0 Å². The first-order valence-corrected chi connectivity index (χ1v) is 3.16. The van der Waals surface area contributed by atoms with Gasteiger partial charge in [-0.15, -0.1) is 0 Å². The van der Waals surface area contributed by atoms with Gasteiger partial charge in [0.25, 0.3) is 0 Å². The molecule has 1 rings (SSSR count). The molecule has 0 fully saturated rings. The second kappa shape index (κ2) is 5.55. The van der Waals surface area contributed by atoms with Gasteiger partial charge < -0.3 is 15.8 Å². The number of H-pyrrole nitrogens is 1. The fourth-order valence-corrected chi connectivity index (χ4v) is 0.721. The number of aromatic amines is 1. The van der Waals surface area contributed by atoms with Gasteiger partial charge in [0.2, 0.25) is 0 Å². The number of nitrogens with one attached hydrogen (secondary N) is 1. The number of hydrogen-bond acceptors (Lipinski definition) is 3. The van der Waals surface area contributed by atoms with Crippen LogP contribution in [0.25, 0.3) is 0 Å². The van der Waals surface area contributed by atoms with E-state index < -0.39 is 12.0 Å². The Bertz CT molecular complexity index is 237. The molecule has 4 N–H and O–H groups in total. The van der Waals surface area contributed by atoms with Crippen LogP contribution in [0, 0.1) is 38.6 Å². The van der Waals surface area contributed by atoms with Crippen molar-refractivity contribution >= 4 is 5.97 Å². The summed E-state index contributed by atoms with van der Waals surface area (Å²) in [6.07, 6.45) is 3.34. The van der Waals surface area contributed by atoms with Crippen LogP contribution in [0.1, 0.15) is 5.69 Å². The first-order valence-electron chi connectivity index (χ1n) is 3.16. The second-order valence-corrected chi connectivity index (χ2v) is 2.23. The molecule has 1 aromatic heterocycles. The quantitative estimate of drug-likeness (QED) is 0.692. The Kier molecular flexibility index (Phi) is 5.52. The molecule has 0 aliphatic heterocycles. The molecule has 1 radical (unpaired) electrons. The second-order valence-electron chi connectivity index (χ2n) is 2.23. The van der Waals surface area contributed by atoms with Gasteiger partial charge in [0.05, 0.1) is 6.33 Å². The minimum atomic E-state index is -1.00. The van der Waals surface area contributed by atoms with Crippen LogP contribution in [0.3, 0.4) is 0 Å². The number of rotatable bonds is 3. The van der Waals surface area contributed by atoms with E-state index in [9.17, 15) is 4.79 Å². The van der Waals surface area contributed by atoms with Crippen molar-refractivity contribution in [2.24, 2.45) is 5.73 Å². The van der Waals surface area contributed by atoms with E-state index in [1.54, 1.807) is 6.20 Å². The SMILES string of the molecule is N[C@@H](Cc1cnc[nH]1)C(=O)O.[Tb]. The van der Waals surface area contributed by atoms with E-state index in [-0.39, 0.29) is 45.0 Å². The minimum absolute atomic E-state index is 0. The predicted molar refractivity (Wildman–Crippen MR) is 37.9 cm³/mol. The molecule has 0 amide bonds. The third-order valence-corrected chi connectivity index (χ3v) is 1.31. The zero-order chi connectivity index (χ0) is 8.27. The van der Waals surface area contributed by atoms with E-state index in [1.807, 2.05) is 0 Å². The number of aliphatic carboxylic acids is 1. The van der Waals surface area contributed by atoms with Gasteiger partial charge in [-0.25, -0.2) is 4.98 Å². The van der Waals surface area contributed by atoms with Crippen LogP contribution < -0.4 is 5.73 Å². The first-order chi connectivity index (χ1) is 5.20. The number of nitrogens with zero attached hydrogens (tertiary/aromatic N) is 1. The molecular weight excluding hydrogens is 305 g/mol. The molecule has 12 heavy (non-hydrogen) atoms. The molecule has 0 aliphatic rings. The number of hydrogen-bond donors (Lipinski definition) is 3. The predicted octanol–water partition coefficient (Wildman–Crippen LogP) is -0.636. The molecule has 0 saturated carbocycles. The number of carboxylic acids is 1. The summed E-state index contributed by atoms with van der Waals surface area (Å²) in [6.45, 7) is 0. The fraction of sp³-hybridized carbons (Fsp3) is 0.333. The van der Waals surface area contributed by atoms with E-state index in [4.69, 9.17) is 10.8 Å². The molecule has 0 unspecified atom stereocenters. The van der Waals surface area contributed by atoms with Crippen molar-refractivity contribution in [3.05, 3.63) is 18.2 Å². The molecule has 69 valence electrons. The number of aromatic nitrogens is 2. The average molecular weight is 314 g/mol. The summed E-state index contributed by atoms with van der Waals surface area (Å²) in [5.74, 6) is -1.00. The summed E-state index contributed by atoms with van der Waals surface area (Å²) in [5.41, 5.74) is 6.00.